The Balaban J connectivity index is 1.68. The van der Waals surface area contributed by atoms with E-state index < -0.39 is 18.5 Å². The van der Waals surface area contributed by atoms with E-state index in [1.54, 1.807) is 54.6 Å². The maximum absolute atomic E-state index is 12.8. The molecule has 0 aliphatic carbocycles. The summed E-state index contributed by atoms with van der Waals surface area (Å²) in [4.78, 5) is 50.4. The smallest absolute Gasteiger partial charge is 0.359 e. The van der Waals surface area contributed by atoms with Crippen molar-refractivity contribution in [3.8, 4) is 5.69 Å². The predicted molar refractivity (Wildman–Crippen MR) is 104 cm³/mol. The highest BCUT2D eigenvalue weighted by atomic mass is 16.5. The van der Waals surface area contributed by atoms with E-state index in [9.17, 15) is 19.2 Å². The molecular formula is C21H17N3O5. The molecular weight excluding hydrogens is 374 g/mol. The molecule has 4 rings (SSSR count). The minimum absolute atomic E-state index is 0.0791. The maximum atomic E-state index is 12.8. The van der Waals surface area contributed by atoms with E-state index in [1.807, 2.05) is 0 Å². The van der Waals surface area contributed by atoms with Crippen LogP contribution in [0.1, 0.15) is 23.3 Å². The zero-order valence-corrected chi connectivity index (χ0v) is 15.4. The van der Waals surface area contributed by atoms with Crippen molar-refractivity contribution >= 4 is 28.6 Å². The second-order valence-corrected chi connectivity index (χ2v) is 6.57. The lowest BCUT2D eigenvalue weighted by molar-refractivity contribution is -0.143. The van der Waals surface area contributed by atoms with E-state index in [-0.39, 0.29) is 17.2 Å². The molecule has 0 saturated carbocycles. The summed E-state index contributed by atoms with van der Waals surface area (Å²) in [6.07, 6.45) is 0.917. The van der Waals surface area contributed by atoms with Gasteiger partial charge in [-0.3, -0.25) is 19.3 Å². The van der Waals surface area contributed by atoms with Gasteiger partial charge in [-0.2, -0.15) is 9.78 Å². The van der Waals surface area contributed by atoms with E-state index >= 15 is 0 Å². The fourth-order valence-electron chi connectivity index (χ4n) is 3.27. The molecule has 0 unspecified atom stereocenters. The van der Waals surface area contributed by atoms with Crippen molar-refractivity contribution in [2.24, 2.45) is 0 Å². The SMILES string of the molecule is O=C(OCC(=O)N1CCCC1=O)c1nn(-c2ccccc2)c(=O)c2ccccc12. The molecule has 0 N–H and O–H groups in total. The first-order valence-corrected chi connectivity index (χ1v) is 9.14. The Morgan fingerprint density at radius 3 is 2.34 bits per heavy atom. The second-order valence-electron chi connectivity index (χ2n) is 6.57. The first kappa shape index (κ1) is 18.5. The van der Waals surface area contributed by atoms with Gasteiger partial charge in [0, 0.05) is 18.4 Å². The molecule has 1 aliphatic rings. The minimum atomic E-state index is -0.842. The summed E-state index contributed by atoms with van der Waals surface area (Å²) < 4.78 is 6.26. The molecule has 1 fully saturated rings. The number of hydrogen-bond acceptors (Lipinski definition) is 6. The van der Waals surface area contributed by atoms with Crippen LogP contribution in [-0.2, 0) is 14.3 Å². The predicted octanol–water partition coefficient (Wildman–Crippen LogP) is 1.69. The van der Waals surface area contributed by atoms with Crippen molar-refractivity contribution in [1.29, 1.82) is 0 Å². The van der Waals surface area contributed by atoms with Gasteiger partial charge in [-0.25, -0.2) is 4.79 Å². The van der Waals surface area contributed by atoms with Crippen molar-refractivity contribution in [2.75, 3.05) is 13.2 Å². The Labute approximate surface area is 165 Å². The Morgan fingerprint density at radius 1 is 0.966 bits per heavy atom. The highest BCUT2D eigenvalue weighted by Gasteiger charge is 2.28. The zero-order valence-electron chi connectivity index (χ0n) is 15.4. The largest absolute Gasteiger partial charge is 0.451 e. The lowest BCUT2D eigenvalue weighted by Gasteiger charge is -2.14. The number of hydrogen-bond donors (Lipinski definition) is 0. The fraction of sp³-hybridized carbons (Fsp3) is 0.190. The van der Waals surface area contributed by atoms with Crippen LogP contribution in [0.2, 0.25) is 0 Å². The van der Waals surface area contributed by atoms with Gasteiger partial charge in [0.15, 0.2) is 12.3 Å². The molecule has 8 nitrogen and oxygen atoms in total. The van der Waals surface area contributed by atoms with E-state index in [1.165, 1.54) is 0 Å². The monoisotopic (exact) mass is 391 g/mol. The number of nitrogens with zero attached hydrogens (tertiary/aromatic N) is 3. The fourth-order valence-corrected chi connectivity index (χ4v) is 3.27. The van der Waals surface area contributed by atoms with Crippen LogP contribution in [0.5, 0.6) is 0 Å². The number of carbonyl (C=O) groups is 3. The minimum Gasteiger partial charge on any atom is -0.451 e. The number of benzene rings is 2. The van der Waals surface area contributed by atoms with Crippen LogP contribution in [-0.4, -0.2) is 45.6 Å². The molecule has 2 amide bonds. The topological polar surface area (TPSA) is 98.6 Å². The second kappa shape index (κ2) is 7.67. The maximum Gasteiger partial charge on any atom is 0.359 e. The van der Waals surface area contributed by atoms with E-state index in [4.69, 9.17) is 4.74 Å². The van der Waals surface area contributed by atoms with Gasteiger partial charge in [0.2, 0.25) is 5.91 Å². The third-order valence-corrected chi connectivity index (χ3v) is 4.70. The standard InChI is InChI=1S/C21H17N3O5/c25-17-11-6-12-23(17)18(26)13-29-21(28)19-15-9-4-5-10-16(15)20(27)24(22-19)14-7-2-1-3-8-14/h1-5,7-10H,6,11-13H2. The van der Waals surface area contributed by atoms with E-state index in [0.29, 0.717) is 35.8 Å². The molecule has 0 spiro atoms. The van der Waals surface area contributed by atoms with E-state index in [0.717, 1.165) is 9.58 Å². The first-order chi connectivity index (χ1) is 14.1. The Morgan fingerprint density at radius 2 is 1.66 bits per heavy atom. The summed E-state index contributed by atoms with van der Waals surface area (Å²) in [6, 6.07) is 15.3. The molecule has 0 bridgehead atoms. The van der Waals surface area contributed by atoms with Crippen molar-refractivity contribution in [3.05, 3.63) is 70.6 Å². The van der Waals surface area contributed by atoms with E-state index in [2.05, 4.69) is 5.10 Å². The molecule has 2 heterocycles. The van der Waals surface area contributed by atoms with Crippen molar-refractivity contribution in [3.63, 3.8) is 0 Å². The summed E-state index contributed by atoms with van der Waals surface area (Å²) in [5.74, 6) is -1.68. The van der Waals surface area contributed by atoms with Gasteiger partial charge in [-0.15, -0.1) is 0 Å². The van der Waals surface area contributed by atoms with Gasteiger partial charge in [0.25, 0.3) is 11.5 Å². The van der Waals surface area contributed by atoms with Crippen molar-refractivity contribution in [1.82, 2.24) is 14.7 Å². The third-order valence-electron chi connectivity index (χ3n) is 4.70. The normalized spacial score (nSPS) is 13.7. The lowest BCUT2D eigenvalue weighted by Crippen LogP contribution is -2.35. The van der Waals surface area contributed by atoms with Crippen molar-refractivity contribution < 1.29 is 19.1 Å². The Kier molecular flexibility index (Phi) is 4.90. The zero-order chi connectivity index (χ0) is 20.4. The number of aromatic nitrogens is 2. The van der Waals surface area contributed by atoms with Crippen LogP contribution in [0, 0.1) is 0 Å². The van der Waals surface area contributed by atoms with Gasteiger partial charge in [-0.1, -0.05) is 36.4 Å². The molecule has 146 valence electrons. The van der Waals surface area contributed by atoms with Crippen LogP contribution in [0.4, 0.5) is 0 Å². The first-order valence-electron chi connectivity index (χ1n) is 9.14. The summed E-state index contributed by atoms with van der Waals surface area (Å²) in [5, 5.41) is 4.84. The number of ether oxygens (including phenoxy) is 1. The van der Waals surface area contributed by atoms with Gasteiger partial charge in [0.1, 0.15) is 0 Å². The van der Waals surface area contributed by atoms with Crippen LogP contribution in [0.25, 0.3) is 16.5 Å². The van der Waals surface area contributed by atoms with Crippen LogP contribution in [0.15, 0.2) is 59.4 Å². The highest BCUT2D eigenvalue weighted by Crippen LogP contribution is 2.16. The average Bonchev–Trinajstić information content (AvgIpc) is 3.19. The number of fused-ring (bicyclic) bond motifs is 1. The van der Waals surface area contributed by atoms with Crippen LogP contribution >= 0.6 is 0 Å². The quantitative estimate of drug-likeness (QED) is 0.628. The van der Waals surface area contributed by atoms with Crippen LogP contribution in [0.3, 0.4) is 0 Å². The van der Waals surface area contributed by atoms with Crippen LogP contribution < -0.4 is 5.56 Å². The molecule has 3 aromatic rings. The van der Waals surface area contributed by atoms with Crippen molar-refractivity contribution in [2.45, 2.75) is 12.8 Å². The summed E-state index contributed by atoms with van der Waals surface area (Å²) in [5.41, 5.74) is 0.0442. The van der Waals surface area contributed by atoms with Gasteiger partial charge in [0.05, 0.1) is 11.1 Å². The summed E-state index contributed by atoms with van der Waals surface area (Å²) in [6.45, 7) is -0.236. The number of esters is 1. The number of carbonyl (C=O) groups excluding carboxylic acids is 3. The molecule has 1 aliphatic heterocycles. The van der Waals surface area contributed by atoms with Gasteiger partial charge < -0.3 is 4.74 Å². The number of imide groups is 1. The van der Waals surface area contributed by atoms with Gasteiger partial charge in [-0.05, 0) is 24.6 Å². The Bertz CT molecular complexity index is 1170. The average molecular weight is 391 g/mol. The highest BCUT2D eigenvalue weighted by molar-refractivity contribution is 6.03. The number of para-hydroxylation sites is 1. The number of amides is 2. The molecule has 8 heteroatoms. The molecule has 0 atom stereocenters. The summed E-state index contributed by atoms with van der Waals surface area (Å²) >= 11 is 0. The third kappa shape index (κ3) is 3.52. The molecule has 1 saturated heterocycles. The lowest BCUT2D eigenvalue weighted by atomic mass is 10.1. The number of rotatable bonds is 4. The molecule has 1 aromatic heterocycles. The van der Waals surface area contributed by atoms with Gasteiger partial charge >= 0.3 is 5.97 Å². The molecule has 2 aromatic carbocycles. The molecule has 29 heavy (non-hydrogen) atoms. The number of likely N-dealkylation sites (tertiary alicyclic amines) is 1. The molecule has 0 radical (unpaired) electrons. The summed E-state index contributed by atoms with van der Waals surface area (Å²) in [7, 11) is 0. The Hall–Kier alpha value is -3.81.